The first-order valence-electron chi connectivity index (χ1n) is 6.27. The van der Waals surface area contributed by atoms with Gasteiger partial charge in [0, 0.05) is 12.8 Å². The second kappa shape index (κ2) is 5.98. The van der Waals surface area contributed by atoms with Gasteiger partial charge in [0.1, 0.15) is 11.1 Å². The number of rotatable bonds is 4. The molecule has 0 aliphatic carbocycles. The molecular weight excluding hydrogens is 276 g/mol. The third kappa shape index (κ3) is 2.95. The number of aromatic nitrogens is 5. The highest BCUT2D eigenvalue weighted by molar-refractivity contribution is 7.99. The zero-order valence-electron chi connectivity index (χ0n) is 10.6. The van der Waals surface area contributed by atoms with Gasteiger partial charge in [-0.1, -0.05) is 0 Å². The molecule has 8 heteroatoms. The number of pyridine rings is 1. The molecule has 0 amide bonds. The molecular formula is C12H12N6OS. The van der Waals surface area contributed by atoms with E-state index in [2.05, 4.69) is 20.5 Å². The topological polar surface area (TPSA) is 89.5 Å². The number of nitrogens with zero attached hydrogens (tertiary/aromatic N) is 6. The van der Waals surface area contributed by atoms with E-state index in [9.17, 15) is 0 Å². The van der Waals surface area contributed by atoms with Crippen molar-refractivity contribution in [3.05, 3.63) is 23.9 Å². The minimum Gasteiger partial charge on any atom is -0.376 e. The Labute approximate surface area is 120 Å². The fourth-order valence-electron chi connectivity index (χ4n) is 1.97. The number of hydrogen-bond donors (Lipinski definition) is 0. The van der Waals surface area contributed by atoms with Crippen LogP contribution in [0.4, 0.5) is 0 Å². The lowest BCUT2D eigenvalue weighted by Gasteiger charge is -2.09. The van der Waals surface area contributed by atoms with E-state index < -0.39 is 0 Å². The SMILES string of the molecule is N#Cc1ccc(Sc2nnnn2C[C@@H]2CCCO2)nc1. The van der Waals surface area contributed by atoms with Crippen LogP contribution in [0, 0.1) is 11.3 Å². The highest BCUT2D eigenvalue weighted by Crippen LogP contribution is 2.24. The summed E-state index contributed by atoms with van der Waals surface area (Å²) in [6.45, 7) is 1.47. The molecule has 0 unspecified atom stereocenters. The van der Waals surface area contributed by atoms with Gasteiger partial charge in [-0.25, -0.2) is 9.67 Å². The standard InChI is InChI=1S/C12H12N6OS/c13-6-9-3-4-11(14-7-9)20-12-15-16-17-18(12)8-10-2-1-5-19-10/h3-4,7,10H,1-2,5,8H2/t10-/m0/s1. The van der Waals surface area contributed by atoms with Crippen LogP contribution in [0.2, 0.25) is 0 Å². The van der Waals surface area contributed by atoms with Gasteiger partial charge in [0.15, 0.2) is 0 Å². The first kappa shape index (κ1) is 13.0. The lowest BCUT2D eigenvalue weighted by molar-refractivity contribution is 0.0912. The van der Waals surface area contributed by atoms with Gasteiger partial charge in [0.05, 0.1) is 18.2 Å². The summed E-state index contributed by atoms with van der Waals surface area (Å²) in [5, 5.41) is 21.9. The van der Waals surface area contributed by atoms with Gasteiger partial charge < -0.3 is 4.74 Å². The summed E-state index contributed by atoms with van der Waals surface area (Å²) in [4.78, 5) is 4.20. The highest BCUT2D eigenvalue weighted by atomic mass is 32.2. The zero-order chi connectivity index (χ0) is 13.8. The molecule has 1 atom stereocenters. The molecule has 0 N–H and O–H groups in total. The van der Waals surface area contributed by atoms with Gasteiger partial charge in [0.2, 0.25) is 5.16 Å². The van der Waals surface area contributed by atoms with Gasteiger partial charge in [-0.2, -0.15) is 5.26 Å². The molecule has 1 fully saturated rings. The second-order valence-corrected chi connectivity index (χ2v) is 5.37. The molecule has 0 saturated carbocycles. The summed E-state index contributed by atoms with van der Waals surface area (Å²) in [6.07, 6.45) is 3.86. The van der Waals surface area contributed by atoms with Crippen LogP contribution < -0.4 is 0 Å². The molecule has 3 heterocycles. The van der Waals surface area contributed by atoms with Crippen molar-refractivity contribution < 1.29 is 4.74 Å². The van der Waals surface area contributed by atoms with Crippen LogP contribution >= 0.6 is 11.8 Å². The minimum atomic E-state index is 0.187. The van der Waals surface area contributed by atoms with Gasteiger partial charge in [-0.05, 0) is 47.2 Å². The molecule has 0 radical (unpaired) electrons. The summed E-state index contributed by atoms with van der Waals surface area (Å²) < 4.78 is 7.32. The molecule has 1 saturated heterocycles. The molecule has 20 heavy (non-hydrogen) atoms. The molecule has 7 nitrogen and oxygen atoms in total. The van der Waals surface area contributed by atoms with Gasteiger partial charge in [-0.3, -0.25) is 0 Å². The van der Waals surface area contributed by atoms with E-state index in [0.717, 1.165) is 24.5 Å². The van der Waals surface area contributed by atoms with E-state index in [1.54, 1.807) is 16.8 Å². The van der Waals surface area contributed by atoms with Crippen molar-refractivity contribution in [3.63, 3.8) is 0 Å². The Morgan fingerprint density at radius 2 is 2.45 bits per heavy atom. The fraction of sp³-hybridized carbons (Fsp3) is 0.417. The molecule has 0 spiro atoms. The van der Waals surface area contributed by atoms with Crippen LogP contribution in [0.3, 0.4) is 0 Å². The van der Waals surface area contributed by atoms with Crippen LogP contribution in [0.15, 0.2) is 28.5 Å². The van der Waals surface area contributed by atoms with E-state index in [-0.39, 0.29) is 6.10 Å². The number of tetrazole rings is 1. The predicted molar refractivity (Wildman–Crippen MR) is 69.9 cm³/mol. The fourth-order valence-corrected chi connectivity index (χ4v) is 2.69. The van der Waals surface area contributed by atoms with Gasteiger partial charge in [0.25, 0.3) is 0 Å². The summed E-state index contributed by atoms with van der Waals surface area (Å²) in [6, 6.07) is 5.55. The average molecular weight is 288 g/mol. The lowest BCUT2D eigenvalue weighted by Crippen LogP contribution is -2.16. The van der Waals surface area contributed by atoms with Crippen molar-refractivity contribution >= 4 is 11.8 Å². The number of ether oxygens (including phenoxy) is 1. The Bertz CT molecular complexity index is 614. The van der Waals surface area contributed by atoms with Gasteiger partial charge >= 0.3 is 0 Å². The van der Waals surface area contributed by atoms with Gasteiger partial charge in [-0.15, -0.1) is 5.10 Å². The molecule has 3 rings (SSSR count). The Morgan fingerprint density at radius 1 is 1.50 bits per heavy atom. The van der Waals surface area contributed by atoms with E-state index in [1.807, 2.05) is 6.07 Å². The van der Waals surface area contributed by atoms with Crippen LogP contribution in [-0.2, 0) is 11.3 Å². The first-order valence-corrected chi connectivity index (χ1v) is 7.08. The molecule has 0 bridgehead atoms. The maximum absolute atomic E-state index is 8.74. The van der Waals surface area contributed by atoms with Crippen molar-refractivity contribution in [2.24, 2.45) is 0 Å². The molecule has 102 valence electrons. The monoisotopic (exact) mass is 288 g/mol. The maximum atomic E-state index is 8.74. The van der Waals surface area contributed by atoms with Crippen LogP contribution in [0.1, 0.15) is 18.4 Å². The van der Waals surface area contributed by atoms with Crippen LogP contribution in [0.25, 0.3) is 0 Å². The van der Waals surface area contributed by atoms with Crippen LogP contribution in [0.5, 0.6) is 0 Å². The highest BCUT2D eigenvalue weighted by Gasteiger charge is 2.19. The molecule has 2 aromatic rings. The molecule has 1 aliphatic rings. The van der Waals surface area contributed by atoms with Crippen molar-refractivity contribution in [1.29, 1.82) is 5.26 Å². The third-order valence-electron chi connectivity index (χ3n) is 2.96. The summed E-state index contributed by atoms with van der Waals surface area (Å²) in [7, 11) is 0. The third-order valence-corrected chi connectivity index (χ3v) is 3.89. The molecule has 0 aromatic carbocycles. The zero-order valence-corrected chi connectivity index (χ0v) is 11.5. The Morgan fingerprint density at radius 3 is 3.15 bits per heavy atom. The van der Waals surface area contributed by atoms with Crippen molar-refractivity contribution in [3.8, 4) is 6.07 Å². The largest absolute Gasteiger partial charge is 0.376 e. The van der Waals surface area contributed by atoms with Crippen molar-refractivity contribution in [2.45, 2.75) is 35.7 Å². The Hall–Kier alpha value is -1.98. The quantitative estimate of drug-likeness (QED) is 0.836. The normalized spacial score (nSPS) is 18.1. The van der Waals surface area contributed by atoms with E-state index in [0.29, 0.717) is 17.3 Å². The number of hydrogen-bond acceptors (Lipinski definition) is 7. The maximum Gasteiger partial charge on any atom is 0.215 e. The van der Waals surface area contributed by atoms with E-state index in [1.165, 1.54) is 18.0 Å². The Balaban J connectivity index is 1.70. The first-order chi connectivity index (χ1) is 9.85. The predicted octanol–water partition coefficient (Wildman–Crippen LogP) is 1.27. The summed E-state index contributed by atoms with van der Waals surface area (Å²) >= 11 is 1.37. The summed E-state index contributed by atoms with van der Waals surface area (Å²) in [5.41, 5.74) is 0.535. The molecule has 1 aliphatic heterocycles. The summed E-state index contributed by atoms with van der Waals surface area (Å²) in [5.74, 6) is 0. The smallest absolute Gasteiger partial charge is 0.215 e. The minimum absolute atomic E-state index is 0.187. The van der Waals surface area contributed by atoms with Crippen molar-refractivity contribution in [2.75, 3.05) is 6.61 Å². The average Bonchev–Trinajstić information content (AvgIpc) is 3.13. The van der Waals surface area contributed by atoms with E-state index in [4.69, 9.17) is 10.00 Å². The van der Waals surface area contributed by atoms with Crippen molar-refractivity contribution in [1.82, 2.24) is 25.2 Å². The number of nitriles is 1. The lowest BCUT2D eigenvalue weighted by atomic mass is 10.2. The Kier molecular flexibility index (Phi) is 3.90. The van der Waals surface area contributed by atoms with E-state index >= 15 is 0 Å². The molecule has 2 aromatic heterocycles. The van der Waals surface area contributed by atoms with Crippen LogP contribution in [-0.4, -0.2) is 37.9 Å². The second-order valence-electron chi connectivity index (χ2n) is 4.38.